The lowest BCUT2D eigenvalue weighted by atomic mass is 9.74. The molecule has 0 N–H and O–H groups in total. The van der Waals surface area contributed by atoms with Crippen LogP contribution in [0.5, 0.6) is 0 Å². The molecular weight excluding hydrogens is 218 g/mol. The van der Waals surface area contributed by atoms with E-state index in [2.05, 4.69) is 45.9 Å². The van der Waals surface area contributed by atoms with Crippen molar-refractivity contribution in [1.82, 2.24) is 0 Å². The molecule has 0 aromatic rings. The van der Waals surface area contributed by atoms with E-state index in [1.165, 1.54) is 11.1 Å². The van der Waals surface area contributed by atoms with Gasteiger partial charge in [-0.05, 0) is 22.0 Å². The molecule has 0 amide bonds. The van der Waals surface area contributed by atoms with Crippen LogP contribution >= 0.6 is 0 Å². The van der Waals surface area contributed by atoms with Gasteiger partial charge in [-0.2, -0.15) is 0 Å². The Balaban J connectivity index is 3.46. The minimum atomic E-state index is -2.26. The first-order chi connectivity index (χ1) is 6.99. The summed E-state index contributed by atoms with van der Waals surface area (Å²) in [6.07, 6.45) is 0. The summed E-state index contributed by atoms with van der Waals surface area (Å²) in [6, 6.07) is 0. The molecule has 2 nitrogen and oxygen atoms in total. The standard InChI is InChI=1S/C13H23NOS/c1-12(2,3)10-8-16(15,14-7)9-11(10)13(4,5)6/h8-9H,1-7H3. The smallest absolute Gasteiger partial charge is 0.0903 e. The minimum Gasteiger partial charge on any atom is -0.241 e. The van der Waals surface area contributed by atoms with Crippen molar-refractivity contribution in [1.29, 1.82) is 0 Å². The van der Waals surface area contributed by atoms with Crippen molar-refractivity contribution in [2.24, 2.45) is 15.2 Å². The van der Waals surface area contributed by atoms with Crippen molar-refractivity contribution in [3.05, 3.63) is 22.0 Å². The highest BCUT2D eigenvalue weighted by molar-refractivity contribution is 7.99. The van der Waals surface area contributed by atoms with E-state index in [0.717, 1.165) is 0 Å². The third-order valence-electron chi connectivity index (χ3n) is 2.76. The topological polar surface area (TPSA) is 29.4 Å². The summed E-state index contributed by atoms with van der Waals surface area (Å²) < 4.78 is 16.4. The van der Waals surface area contributed by atoms with E-state index in [0.29, 0.717) is 0 Å². The van der Waals surface area contributed by atoms with Crippen LogP contribution in [-0.2, 0) is 9.73 Å². The largest absolute Gasteiger partial charge is 0.241 e. The van der Waals surface area contributed by atoms with Crippen molar-refractivity contribution in [2.45, 2.75) is 41.5 Å². The summed E-state index contributed by atoms with van der Waals surface area (Å²) in [6.45, 7) is 12.9. The van der Waals surface area contributed by atoms with Crippen LogP contribution in [0.1, 0.15) is 41.5 Å². The Morgan fingerprint density at radius 1 is 0.938 bits per heavy atom. The predicted molar refractivity (Wildman–Crippen MR) is 71.6 cm³/mol. The van der Waals surface area contributed by atoms with Gasteiger partial charge in [-0.15, -0.1) is 0 Å². The summed E-state index contributed by atoms with van der Waals surface area (Å²) in [5.74, 6) is 0. The molecule has 3 heteroatoms. The molecule has 0 aromatic heterocycles. The number of allylic oxidation sites excluding steroid dienone is 2. The van der Waals surface area contributed by atoms with E-state index >= 15 is 0 Å². The Labute approximate surface area is 100 Å². The second kappa shape index (κ2) is 3.73. The van der Waals surface area contributed by atoms with E-state index in [4.69, 9.17) is 0 Å². The molecule has 0 saturated heterocycles. The van der Waals surface area contributed by atoms with E-state index in [1.54, 1.807) is 7.05 Å². The Hall–Kier alpha value is -0.570. The van der Waals surface area contributed by atoms with Crippen LogP contribution in [-0.4, -0.2) is 11.3 Å². The highest BCUT2D eigenvalue weighted by atomic mass is 32.2. The maximum absolute atomic E-state index is 12.3. The second-order valence-electron chi connectivity index (χ2n) is 6.36. The SMILES string of the molecule is CN=S1(=O)C=C(C(C)(C)C)C(C(C)(C)C)=C1. The molecule has 1 heterocycles. The molecule has 1 rings (SSSR count). The van der Waals surface area contributed by atoms with Crippen LogP contribution in [0.2, 0.25) is 0 Å². The highest BCUT2D eigenvalue weighted by Crippen LogP contribution is 2.44. The fourth-order valence-corrected chi connectivity index (χ4v) is 3.68. The Morgan fingerprint density at radius 2 is 1.25 bits per heavy atom. The second-order valence-corrected chi connectivity index (χ2v) is 8.42. The van der Waals surface area contributed by atoms with Crippen molar-refractivity contribution < 1.29 is 4.21 Å². The van der Waals surface area contributed by atoms with Crippen LogP contribution in [0.25, 0.3) is 0 Å². The number of hydrogen-bond acceptors (Lipinski definition) is 2. The Morgan fingerprint density at radius 3 is 1.44 bits per heavy atom. The highest BCUT2D eigenvalue weighted by Gasteiger charge is 2.33. The van der Waals surface area contributed by atoms with Gasteiger partial charge >= 0.3 is 0 Å². The molecular formula is C13H23NOS. The van der Waals surface area contributed by atoms with Crippen LogP contribution in [0, 0.1) is 10.8 Å². The average molecular weight is 241 g/mol. The molecule has 0 saturated carbocycles. The molecule has 0 bridgehead atoms. The Bertz CT molecular complexity index is 425. The minimum absolute atomic E-state index is 0.0168. The van der Waals surface area contributed by atoms with Gasteiger partial charge in [-0.1, -0.05) is 41.5 Å². The fourth-order valence-electron chi connectivity index (χ4n) is 1.77. The van der Waals surface area contributed by atoms with Gasteiger partial charge in [0.25, 0.3) is 0 Å². The Kier molecular flexibility index (Phi) is 3.14. The fraction of sp³-hybridized carbons (Fsp3) is 0.692. The van der Waals surface area contributed by atoms with E-state index in [1.807, 2.05) is 10.8 Å². The molecule has 1 aliphatic rings. The van der Waals surface area contributed by atoms with Crippen LogP contribution < -0.4 is 0 Å². The monoisotopic (exact) mass is 241 g/mol. The normalized spacial score (nSPS) is 20.4. The van der Waals surface area contributed by atoms with Gasteiger partial charge in [-0.25, -0.2) is 8.57 Å². The molecule has 0 fully saturated rings. The zero-order chi connectivity index (χ0) is 12.8. The van der Waals surface area contributed by atoms with Gasteiger partial charge < -0.3 is 0 Å². The summed E-state index contributed by atoms with van der Waals surface area (Å²) in [4.78, 5) is 0. The lowest BCUT2D eigenvalue weighted by Crippen LogP contribution is -2.18. The van der Waals surface area contributed by atoms with E-state index in [9.17, 15) is 4.21 Å². The van der Waals surface area contributed by atoms with Crippen LogP contribution in [0.15, 0.2) is 26.3 Å². The van der Waals surface area contributed by atoms with Gasteiger partial charge in [0.15, 0.2) is 0 Å². The number of hydrogen-bond donors (Lipinski definition) is 0. The number of nitrogens with zero attached hydrogens (tertiary/aromatic N) is 1. The lowest BCUT2D eigenvalue weighted by Gasteiger charge is -2.30. The van der Waals surface area contributed by atoms with Gasteiger partial charge in [-0.3, -0.25) is 0 Å². The summed E-state index contributed by atoms with van der Waals surface area (Å²) >= 11 is 0. The molecule has 0 radical (unpaired) electrons. The van der Waals surface area contributed by atoms with Crippen molar-refractivity contribution in [3.63, 3.8) is 0 Å². The third kappa shape index (κ3) is 2.57. The molecule has 0 spiro atoms. The first kappa shape index (κ1) is 13.5. The van der Waals surface area contributed by atoms with Crippen molar-refractivity contribution in [3.8, 4) is 0 Å². The quantitative estimate of drug-likeness (QED) is 0.631. The van der Waals surface area contributed by atoms with Gasteiger partial charge in [0.05, 0.1) is 9.73 Å². The van der Waals surface area contributed by atoms with E-state index in [-0.39, 0.29) is 10.8 Å². The molecule has 92 valence electrons. The van der Waals surface area contributed by atoms with Gasteiger partial charge in [0.2, 0.25) is 0 Å². The summed E-state index contributed by atoms with van der Waals surface area (Å²) in [5, 5.41) is 3.71. The summed E-state index contributed by atoms with van der Waals surface area (Å²) in [5.41, 5.74) is 2.39. The summed E-state index contributed by atoms with van der Waals surface area (Å²) in [7, 11) is -0.629. The molecule has 0 atom stereocenters. The van der Waals surface area contributed by atoms with E-state index < -0.39 is 9.73 Å². The number of rotatable bonds is 0. The van der Waals surface area contributed by atoms with Crippen molar-refractivity contribution >= 4 is 9.73 Å². The predicted octanol–water partition coefficient (Wildman–Crippen LogP) is 3.96. The van der Waals surface area contributed by atoms with Gasteiger partial charge in [0.1, 0.15) is 0 Å². The maximum Gasteiger partial charge on any atom is 0.0903 e. The first-order valence-electron chi connectivity index (χ1n) is 5.60. The first-order valence-corrected chi connectivity index (χ1v) is 7.24. The molecule has 1 aliphatic heterocycles. The zero-order valence-electron chi connectivity index (χ0n) is 11.4. The molecule has 0 aromatic carbocycles. The van der Waals surface area contributed by atoms with Crippen molar-refractivity contribution in [2.75, 3.05) is 7.05 Å². The van der Waals surface area contributed by atoms with Crippen LogP contribution in [0.4, 0.5) is 0 Å². The molecule has 0 aliphatic carbocycles. The third-order valence-corrected chi connectivity index (χ3v) is 4.48. The lowest BCUT2D eigenvalue weighted by molar-refractivity contribution is 0.449. The maximum atomic E-state index is 12.3. The molecule has 0 unspecified atom stereocenters. The van der Waals surface area contributed by atoms with Crippen LogP contribution in [0.3, 0.4) is 0 Å². The van der Waals surface area contributed by atoms with Gasteiger partial charge in [0, 0.05) is 17.9 Å². The average Bonchev–Trinajstić information content (AvgIpc) is 2.43. The zero-order valence-corrected chi connectivity index (χ0v) is 12.2. The molecule has 16 heavy (non-hydrogen) atoms.